The lowest BCUT2D eigenvalue weighted by Gasteiger charge is -2.05. The van der Waals surface area contributed by atoms with Crippen LogP contribution in [0.5, 0.6) is 5.75 Å². The molecule has 0 radical (unpaired) electrons. The summed E-state index contributed by atoms with van der Waals surface area (Å²) >= 11 is 0. The number of rotatable bonds is 6. The van der Waals surface area contributed by atoms with E-state index >= 15 is 0 Å². The summed E-state index contributed by atoms with van der Waals surface area (Å²) in [6, 6.07) is 7.32. The van der Waals surface area contributed by atoms with Crippen LogP contribution in [0.1, 0.15) is 44.7 Å². The molecule has 0 aliphatic carbocycles. The summed E-state index contributed by atoms with van der Waals surface area (Å²) in [5, 5.41) is 11.9. The Kier molecular flexibility index (Phi) is 4.55. The molecular formula is C18H19NO5. The molecule has 0 atom stereocenters. The zero-order valence-corrected chi connectivity index (χ0v) is 13.4. The van der Waals surface area contributed by atoms with Gasteiger partial charge in [-0.1, -0.05) is 19.1 Å². The second kappa shape index (κ2) is 6.78. The van der Waals surface area contributed by atoms with E-state index in [1.807, 2.05) is 12.1 Å². The van der Waals surface area contributed by atoms with E-state index in [9.17, 15) is 9.59 Å². The summed E-state index contributed by atoms with van der Waals surface area (Å²) in [5.41, 5.74) is 2.37. The van der Waals surface area contributed by atoms with Gasteiger partial charge in [-0.15, -0.1) is 0 Å². The summed E-state index contributed by atoms with van der Waals surface area (Å²) < 4.78 is 10.8. The molecule has 1 aliphatic rings. The Labute approximate surface area is 139 Å². The number of aryl methyl sites for hydroxylation is 1. The number of nitrogens with one attached hydrogen (secondary N) is 1. The molecule has 0 fully saturated rings. The second-order valence-electron chi connectivity index (χ2n) is 5.65. The van der Waals surface area contributed by atoms with Gasteiger partial charge in [0.15, 0.2) is 5.76 Å². The quantitative estimate of drug-likeness (QED) is 0.850. The Hall–Kier alpha value is -2.76. The van der Waals surface area contributed by atoms with Gasteiger partial charge in [-0.2, -0.15) is 0 Å². The zero-order chi connectivity index (χ0) is 17.1. The minimum Gasteiger partial charge on any atom is -0.493 e. The average Bonchev–Trinajstić information content (AvgIpc) is 3.20. The van der Waals surface area contributed by atoms with Gasteiger partial charge in [-0.3, -0.25) is 4.79 Å². The van der Waals surface area contributed by atoms with Crippen molar-refractivity contribution >= 4 is 11.9 Å². The van der Waals surface area contributed by atoms with Crippen molar-refractivity contribution in [3.63, 3.8) is 0 Å². The molecule has 126 valence electrons. The van der Waals surface area contributed by atoms with Crippen LogP contribution in [0.3, 0.4) is 0 Å². The van der Waals surface area contributed by atoms with Crippen LogP contribution in [0, 0.1) is 0 Å². The number of carboxylic acid groups (broad SMARTS) is 1. The number of aromatic carboxylic acids is 1. The Morgan fingerprint density at radius 3 is 2.83 bits per heavy atom. The highest BCUT2D eigenvalue weighted by Crippen LogP contribution is 2.25. The van der Waals surface area contributed by atoms with Crippen LogP contribution < -0.4 is 10.1 Å². The highest BCUT2D eigenvalue weighted by atomic mass is 16.5. The van der Waals surface area contributed by atoms with Crippen LogP contribution in [-0.4, -0.2) is 30.1 Å². The van der Waals surface area contributed by atoms with Gasteiger partial charge in [-0.05, 0) is 23.6 Å². The third kappa shape index (κ3) is 3.27. The summed E-state index contributed by atoms with van der Waals surface area (Å²) in [4.78, 5) is 23.2. The maximum absolute atomic E-state index is 12.1. The van der Waals surface area contributed by atoms with Gasteiger partial charge in [0.1, 0.15) is 17.1 Å². The highest BCUT2D eigenvalue weighted by molar-refractivity contribution is 5.96. The smallest absolute Gasteiger partial charge is 0.339 e. The number of carbonyl (C=O) groups is 2. The molecule has 0 saturated carbocycles. The van der Waals surface area contributed by atoms with Crippen LogP contribution >= 0.6 is 0 Å². The summed E-state index contributed by atoms with van der Waals surface area (Å²) in [6.07, 6.45) is 2.03. The first-order chi connectivity index (χ1) is 11.6. The molecule has 6 heteroatoms. The van der Waals surface area contributed by atoms with Gasteiger partial charge in [0.25, 0.3) is 5.91 Å². The fraction of sp³-hybridized carbons (Fsp3) is 0.333. The lowest BCUT2D eigenvalue weighted by atomic mass is 10.1. The van der Waals surface area contributed by atoms with E-state index in [4.69, 9.17) is 14.3 Å². The standard InChI is InChI=1S/C18H19NO5/c1-2-14-13(18(21)22)10-16(24-14)17(20)19-7-5-11-3-4-15-12(9-11)6-8-23-15/h3-4,9-10H,2,5-8H2,1H3,(H,19,20)(H,21,22). The molecule has 6 nitrogen and oxygen atoms in total. The minimum absolute atomic E-state index is 0.0339. The highest BCUT2D eigenvalue weighted by Gasteiger charge is 2.19. The van der Waals surface area contributed by atoms with Gasteiger partial charge in [-0.25, -0.2) is 4.79 Å². The van der Waals surface area contributed by atoms with Crippen molar-refractivity contribution in [1.29, 1.82) is 0 Å². The van der Waals surface area contributed by atoms with Crippen LogP contribution in [0.25, 0.3) is 0 Å². The SMILES string of the molecule is CCc1oc(C(=O)NCCc2ccc3c(c2)CCO3)cc1C(=O)O. The van der Waals surface area contributed by atoms with Crippen molar-refractivity contribution in [3.05, 3.63) is 52.5 Å². The molecule has 2 heterocycles. The number of ether oxygens (including phenoxy) is 1. The lowest BCUT2D eigenvalue weighted by molar-refractivity contribution is 0.0694. The Bertz CT molecular complexity index is 778. The number of fused-ring (bicyclic) bond motifs is 1. The monoisotopic (exact) mass is 329 g/mol. The van der Waals surface area contributed by atoms with E-state index in [0.29, 0.717) is 25.1 Å². The lowest BCUT2D eigenvalue weighted by Crippen LogP contribution is -2.25. The fourth-order valence-corrected chi connectivity index (χ4v) is 2.79. The van der Waals surface area contributed by atoms with Crippen molar-refractivity contribution in [2.75, 3.05) is 13.2 Å². The molecule has 24 heavy (non-hydrogen) atoms. The molecule has 0 saturated heterocycles. The number of carbonyl (C=O) groups excluding carboxylic acids is 1. The van der Waals surface area contributed by atoms with Crippen molar-refractivity contribution in [1.82, 2.24) is 5.32 Å². The first-order valence-corrected chi connectivity index (χ1v) is 7.97. The van der Waals surface area contributed by atoms with Crippen molar-refractivity contribution in [2.45, 2.75) is 26.2 Å². The Morgan fingerprint density at radius 1 is 1.29 bits per heavy atom. The minimum atomic E-state index is -1.09. The fourth-order valence-electron chi connectivity index (χ4n) is 2.79. The van der Waals surface area contributed by atoms with E-state index in [1.54, 1.807) is 6.92 Å². The molecule has 1 aromatic heterocycles. The summed E-state index contributed by atoms with van der Waals surface area (Å²) in [5.74, 6) is -0.207. The van der Waals surface area contributed by atoms with Crippen LogP contribution in [0.4, 0.5) is 0 Å². The van der Waals surface area contributed by atoms with Crippen molar-refractivity contribution < 1.29 is 23.8 Å². The largest absolute Gasteiger partial charge is 0.493 e. The number of carboxylic acids is 1. The van der Waals surface area contributed by atoms with E-state index in [1.165, 1.54) is 11.6 Å². The average molecular weight is 329 g/mol. The molecule has 1 aromatic carbocycles. The molecule has 1 amide bonds. The van der Waals surface area contributed by atoms with Gasteiger partial charge in [0.2, 0.25) is 0 Å². The number of benzene rings is 1. The molecular weight excluding hydrogens is 310 g/mol. The number of hydrogen-bond acceptors (Lipinski definition) is 4. The Balaban J connectivity index is 1.59. The van der Waals surface area contributed by atoms with Crippen LogP contribution in [0.15, 0.2) is 28.7 Å². The normalized spacial score (nSPS) is 12.5. The molecule has 2 N–H and O–H groups in total. The van der Waals surface area contributed by atoms with Gasteiger partial charge >= 0.3 is 5.97 Å². The number of hydrogen-bond donors (Lipinski definition) is 2. The van der Waals surface area contributed by atoms with Crippen molar-refractivity contribution in [2.24, 2.45) is 0 Å². The van der Waals surface area contributed by atoms with Crippen molar-refractivity contribution in [3.8, 4) is 5.75 Å². The first kappa shape index (κ1) is 16.1. The third-order valence-electron chi connectivity index (χ3n) is 4.04. The molecule has 0 spiro atoms. The first-order valence-electron chi connectivity index (χ1n) is 7.97. The zero-order valence-electron chi connectivity index (χ0n) is 13.4. The summed E-state index contributed by atoms with van der Waals surface area (Å²) in [7, 11) is 0. The molecule has 0 bridgehead atoms. The molecule has 1 aliphatic heterocycles. The van der Waals surface area contributed by atoms with E-state index in [-0.39, 0.29) is 11.3 Å². The molecule has 3 rings (SSSR count). The van der Waals surface area contributed by atoms with Gasteiger partial charge < -0.3 is 19.6 Å². The van der Waals surface area contributed by atoms with Gasteiger partial charge in [0, 0.05) is 25.5 Å². The summed E-state index contributed by atoms with van der Waals surface area (Å²) in [6.45, 7) is 2.95. The predicted octanol–water partition coefficient (Wildman–Crippen LogP) is 2.45. The van der Waals surface area contributed by atoms with E-state index in [0.717, 1.165) is 24.3 Å². The predicted molar refractivity (Wildman–Crippen MR) is 86.7 cm³/mol. The molecule has 0 unspecified atom stereocenters. The second-order valence-corrected chi connectivity index (χ2v) is 5.65. The molecule has 2 aromatic rings. The van der Waals surface area contributed by atoms with Gasteiger partial charge in [0.05, 0.1) is 6.61 Å². The van der Waals surface area contributed by atoms with Crippen LogP contribution in [-0.2, 0) is 19.3 Å². The maximum Gasteiger partial charge on any atom is 0.339 e. The van der Waals surface area contributed by atoms with E-state index in [2.05, 4.69) is 11.4 Å². The van der Waals surface area contributed by atoms with E-state index < -0.39 is 11.9 Å². The number of furan rings is 1. The van der Waals surface area contributed by atoms with Crippen LogP contribution in [0.2, 0.25) is 0 Å². The third-order valence-corrected chi connectivity index (χ3v) is 4.04. The maximum atomic E-state index is 12.1. The topological polar surface area (TPSA) is 88.8 Å². The number of amides is 1. The Morgan fingerprint density at radius 2 is 2.12 bits per heavy atom.